The van der Waals surface area contributed by atoms with Crippen molar-refractivity contribution in [3.63, 3.8) is 0 Å². The number of aryl methyl sites for hydroxylation is 1. The average molecular weight is 296 g/mol. The van der Waals surface area contributed by atoms with Crippen molar-refractivity contribution in [1.82, 2.24) is 4.98 Å². The van der Waals surface area contributed by atoms with Crippen LogP contribution in [0.2, 0.25) is 0 Å². The molecule has 0 spiro atoms. The van der Waals surface area contributed by atoms with Crippen molar-refractivity contribution < 1.29 is 14.8 Å². The van der Waals surface area contributed by atoms with Crippen molar-refractivity contribution in [3.8, 4) is 0 Å². The summed E-state index contributed by atoms with van der Waals surface area (Å²) in [5.41, 5.74) is 0.584. The van der Waals surface area contributed by atoms with Gasteiger partial charge in [-0.15, -0.1) is 11.3 Å². The van der Waals surface area contributed by atoms with Crippen molar-refractivity contribution in [1.29, 1.82) is 0 Å². The van der Waals surface area contributed by atoms with Crippen LogP contribution in [0.5, 0.6) is 0 Å². The molecule has 2 rings (SSSR count). The zero-order valence-electron chi connectivity index (χ0n) is 9.69. The lowest BCUT2D eigenvalue weighted by Crippen LogP contribution is -1.94. The standard InChI is InChI=1S/C11H8N2O4S2/c1-6-2-3-8(13(16)17)10(12-6)19-7-4-9(11(14)15)18-5-7/h2-5H,1H3,(H,14,15). The number of aromatic nitrogens is 1. The molecule has 0 unspecified atom stereocenters. The first-order valence-corrected chi connectivity index (χ1v) is 6.78. The molecule has 19 heavy (non-hydrogen) atoms. The number of thiophene rings is 1. The number of hydrogen-bond donors (Lipinski definition) is 1. The topological polar surface area (TPSA) is 93.3 Å². The van der Waals surface area contributed by atoms with E-state index in [0.717, 1.165) is 23.1 Å². The molecule has 2 aromatic heterocycles. The van der Waals surface area contributed by atoms with Crippen molar-refractivity contribution in [2.24, 2.45) is 0 Å². The fourth-order valence-corrected chi connectivity index (χ4v) is 3.19. The first kappa shape index (κ1) is 13.5. The summed E-state index contributed by atoms with van der Waals surface area (Å²) in [5, 5.41) is 21.6. The van der Waals surface area contributed by atoms with Crippen molar-refractivity contribution >= 4 is 34.8 Å². The molecular weight excluding hydrogens is 288 g/mol. The van der Waals surface area contributed by atoms with Gasteiger partial charge < -0.3 is 5.11 Å². The summed E-state index contributed by atoms with van der Waals surface area (Å²) in [7, 11) is 0. The number of carbonyl (C=O) groups is 1. The van der Waals surface area contributed by atoms with Gasteiger partial charge in [-0.25, -0.2) is 9.78 Å². The first-order chi connectivity index (χ1) is 8.97. The maximum atomic E-state index is 10.9. The third-order valence-electron chi connectivity index (χ3n) is 2.18. The molecule has 2 aromatic rings. The lowest BCUT2D eigenvalue weighted by Gasteiger charge is -2.01. The van der Waals surface area contributed by atoms with E-state index >= 15 is 0 Å². The van der Waals surface area contributed by atoms with Crippen molar-refractivity contribution in [2.45, 2.75) is 16.8 Å². The number of nitrogens with zero attached hydrogens (tertiary/aromatic N) is 2. The summed E-state index contributed by atoms with van der Waals surface area (Å²) in [5.74, 6) is -1.01. The Morgan fingerprint density at radius 2 is 2.26 bits per heavy atom. The van der Waals surface area contributed by atoms with Gasteiger partial charge in [-0.1, -0.05) is 11.8 Å². The predicted molar refractivity (Wildman–Crippen MR) is 71.0 cm³/mol. The van der Waals surface area contributed by atoms with E-state index in [1.807, 2.05) is 0 Å². The highest BCUT2D eigenvalue weighted by Gasteiger charge is 2.17. The molecule has 0 aliphatic heterocycles. The van der Waals surface area contributed by atoms with E-state index in [0.29, 0.717) is 10.6 Å². The molecule has 0 fully saturated rings. The zero-order chi connectivity index (χ0) is 14.0. The predicted octanol–water partition coefficient (Wildman–Crippen LogP) is 3.21. The molecule has 0 atom stereocenters. The Labute approximate surface area is 116 Å². The first-order valence-electron chi connectivity index (χ1n) is 5.09. The highest BCUT2D eigenvalue weighted by atomic mass is 32.2. The Bertz CT molecular complexity index is 654. The highest BCUT2D eigenvalue weighted by Crippen LogP contribution is 2.35. The van der Waals surface area contributed by atoms with Crippen LogP contribution in [0.25, 0.3) is 0 Å². The molecule has 0 aliphatic carbocycles. The number of carboxylic acid groups (broad SMARTS) is 1. The molecule has 8 heteroatoms. The molecule has 0 saturated carbocycles. The minimum Gasteiger partial charge on any atom is -0.477 e. The third-order valence-corrected chi connectivity index (χ3v) is 4.21. The van der Waals surface area contributed by atoms with Crippen LogP contribution in [0.3, 0.4) is 0 Å². The minimum absolute atomic E-state index is 0.0846. The maximum Gasteiger partial charge on any atom is 0.345 e. The molecule has 1 N–H and O–H groups in total. The van der Waals surface area contributed by atoms with Gasteiger partial charge in [0, 0.05) is 22.0 Å². The van der Waals surface area contributed by atoms with E-state index < -0.39 is 10.9 Å². The van der Waals surface area contributed by atoms with Gasteiger partial charge in [0.25, 0.3) is 0 Å². The fourth-order valence-electron chi connectivity index (χ4n) is 1.34. The van der Waals surface area contributed by atoms with E-state index in [9.17, 15) is 14.9 Å². The summed E-state index contributed by atoms with van der Waals surface area (Å²) < 4.78 is 0. The Kier molecular flexibility index (Phi) is 3.82. The van der Waals surface area contributed by atoms with Gasteiger partial charge in [-0.05, 0) is 19.1 Å². The van der Waals surface area contributed by atoms with Crippen LogP contribution >= 0.6 is 23.1 Å². The monoisotopic (exact) mass is 296 g/mol. The Balaban J connectivity index is 2.33. The summed E-state index contributed by atoms with van der Waals surface area (Å²) >= 11 is 2.17. The second-order valence-corrected chi connectivity index (χ2v) is 5.56. The number of nitro groups is 1. The van der Waals surface area contributed by atoms with Crippen LogP contribution in [-0.4, -0.2) is 21.0 Å². The van der Waals surface area contributed by atoms with Gasteiger partial charge in [0.2, 0.25) is 0 Å². The van der Waals surface area contributed by atoms with Gasteiger partial charge in [-0.2, -0.15) is 0 Å². The van der Waals surface area contributed by atoms with Crippen molar-refractivity contribution in [3.05, 3.63) is 44.3 Å². The lowest BCUT2D eigenvalue weighted by molar-refractivity contribution is -0.388. The number of hydrogen-bond acceptors (Lipinski definition) is 6. The Hall–Kier alpha value is -1.93. The van der Waals surface area contributed by atoms with Crippen LogP contribution in [0.4, 0.5) is 5.69 Å². The van der Waals surface area contributed by atoms with E-state index in [1.54, 1.807) is 18.4 Å². The van der Waals surface area contributed by atoms with Gasteiger partial charge in [0.05, 0.1) is 4.92 Å². The summed E-state index contributed by atoms with van der Waals surface area (Å²) in [4.78, 5) is 26.1. The van der Waals surface area contributed by atoms with Crippen LogP contribution in [-0.2, 0) is 0 Å². The van der Waals surface area contributed by atoms with E-state index in [1.165, 1.54) is 12.1 Å². The van der Waals surface area contributed by atoms with E-state index in [4.69, 9.17) is 5.11 Å². The Morgan fingerprint density at radius 1 is 1.53 bits per heavy atom. The van der Waals surface area contributed by atoms with E-state index in [-0.39, 0.29) is 15.6 Å². The van der Waals surface area contributed by atoms with Crippen LogP contribution in [0.1, 0.15) is 15.4 Å². The van der Waals surface area contributed by atoms with Crippen molar-refractivity contribution in [2.75, 3.05) is 0 Å². The summed E-state index contributed by atoms with van der Waals surface area (Å²) in [6.45, 7) is 1.74. The maximum absolute atomic E-state index is 10.9. The zero-order valence-corrected chi connectivity index (χ0v) is 11.3. The quantitative estimate of drug-likeness (QED) is 0.687. The second-order valence-electron chi connectivity index (χ2n) is 3.59. The average Bonchev–Trinajstić information content (AvgIpc) is 2.77. The number of rotatable bonds is 4. The molecule has 0 saturated heterocycles. The third kappa shape index (κ3) is 3.09. The normalized spacial score (nSPS) is 10.4. The van der Waals surface area contributed by atoms with Gasteiger partial charge >= 0.3 is 11.7 Å². The molecule has 0 bridgehead atoms. The molecule has 0 aliphatic rings. The summed E-state index contributed by atoms with van der Waals surface area (Å²) in [6.07, 6.45) is 0. The van der Waals surface area contributed by atoms with Gasteiger partial charge in [-0.3, -0.25) is 10.1 Å². The van der Waals surface area contributed by atoms with Crippen LogP contribution < -0.4 is 0 Å². The number of pyridine rings is 1. The van der Waals surface area contributed by atoms with Gasteiger partial charge in [0.15, 0.2) is 5.03 Å². The fraction of sp³-hybridized carbons (Fsp3) is 0.0909. The largest absolute Gasteiger partial charge is 0.477 e. The molecule has 6 nitrogen and oxygen atoms in total. The molecule has 2 heterocycles. The molecule has 0 amide bonds. The SMILES string of the molecule is Cc1ccc([N+](=O)[O-])c(Sc2csc(C(=O)O)c2)n1. The lowest BCUT2D eigenvalue weighted by atomic mass is 10.3. The molecule has 98 valence electrons. The smallest absolute Gasteiger partial charge is 0.345 e. The van der Waals surface area contributed by atoms with Gasteiger partial charge in [0.1, 0.15) is 4.88 Å². The molecule has 0 radical (unpaired) electrons. The molecule has 0 aromatic carbocycles. The Morgan fingerprint density at radius 3 is 2.84 bits per heavy atom. The number of aromatic carboxylic acids is 1. The number of carboxylic acids is 1. The van der Waals surface area contributed by atoms with E-state index in [2.05, 4.69) is 4.98 Å². The van der Waals surface area contributed by atoms with Crippen LogP contribution in [0.15, 0.2) is 33.5 Å². The molecular formula is C11H8N2O4S2. The summed E-state index contributed by atoms with van der Waals surface area (Å²) in [6, 6.07) is 4.44. The van der Waals surface area contributed by atoms with Crippen LogP contribution in [0, 0.1) is 17.0 Å². The highest BCUT2D eigenvalue weighted by molar-refractivity contribution is 7.99. The minimum atomic E-state index is -1.01. The second kappa shape index (κ2) is 5.37.